The van der Waals surface area contributed by atoms with Crippen LogP contribution >= 0.6 is 0 Å². The molecular formula is C17H18N4O2. The number of carbonyl (C=O) groups is 1. The summed E-state index contributed by atoms with van der Waals surface area (Å²) in [5, 5.41) is 5.13. The number of amides is 1. The van der Waals surface area contributed by atoms with Crippen LogP contribution in [0.15, 0.2) is 47.3 Å². The highest BCUT2D eigenvalue weighted by atomic mass is 16.2. The number of likely N-dealkylation sites (N-methyl/N-ethyl adjacent to an activating group) is 1. The number of fused-ring (bicyclic) bond motifs is 3. The van der Waals surface area contributed by atoms with Crippen molar-refractivity contribution >= 4 is 33.3 Å². The average molecular weight is 310 g/mol. The third kappa shape index (κ3) is 2.81. The minimum absolute atomic E-state index is 0.125. The largest absolute Gasteiger partial charge is 0.324 e. The Morgan fingerprint density at radius 3 is 2.52 bits per heavy atom. The minimum Gasteiger partial charge on any atom is -0.324 e. The van der Waals surface area contributed by atoms with Crippen LogP contribution in [0, 0.1) is 0 Å². The van der Waals surface area contributed by atoms with Crippen molar-refractivity contribution in [2.45, 2.75) is 6.17 Å². The second-order valence-corrected chi connectivity index (χ2v) is 5.66. The first-order valence-electron chi connectivity index (χ1n) is 7.25. The number of aromatic nitrogens is 1. The molecule has 118 valence electrons. The molecule has 1 heterocycles. The van der Waals surface area contributed by atoms with E-state index in [0.717, 1.165) is 16.3 Å². The quantitative estimate of drug-likeness (QED) is 0.504. The van der Waals surface area contributed by atoms with Crippen molar-refractivity contribution in [3.8, 4) is 0 Å². The third-order valence-electron chi connectivity index (χ3n) is 3.82. The van der Waals surface area contributed by atoms with E-state index in [-0.39, 0.29) is 11.5 Å². The van der Waals surface area contributed by atoms with Crippen LogP contribution in [0.2, 0.25) is 0 Å². The lowest BCUT2D eigenvalue weighted by atomic mass is 10.1. The van der Waals surface area contributed by atoms with E-state index >= 15 is 0 Å². The zero-order valence-corrected chi connectivity index (χ0v) is 13.0. The van der Waals surface area contributed by atoms with Gasteiger partial charge in [0.2, 0.25) is 0 Å². The predicted molar refractivity (Wildman–Crippen MR) is 92.4 cm³/mol. The highest BCUT2D eigenvalue weighted by molar-refractivity contribution is 6.07. The lowest BCUT2D eigenvalue weighted by Crippen LogP contribution is -2.46. The predicted octanol–water partition coefficient (Wildman–Crippen LogP) is 1.47. The topological polar surface area (TPSA) is 91.2 Å². The number of hydrogen-bond donors (Lipinski definition) is 3. The summed E-state index contributed by atoms with van der Waals surface area (Å²) in [7, 11) is 3.48. The van der Waals surface area contributed by atoms with Crippen molar-refractivity contribution in [3.63, 3.8) is 0 Å². The van der Waals surface area contributed by atoms with Gasteiger partial charge in [0.1, 0.15) is 6.17 Å². The summed E-state index contributed by atoms with van der Waals surface area (Å²) < 4.78 is 0. The van der Waals surface area contributed by atoms with E-state index < -0.39 is 6.17 Å². The van der Waals surface area contributed by atoms with E-state index in [1.165, 1.54) is 0 Å². The summed E-state index contributed by atoms with van der Waals surface area (Å²) in [6, 6.07) is 12.7. The second-order valence-electron chi connectivity index (χ2n) is 5.66. The third-order valence-corrected chi connectivity index (χ3v) is 3.82. The number of rotatable bonds is 3. The Balaban J connectivity index is 2.08. The van der Waals surface area contributed by atoms with Crippen LogP contribution in [-0.2, 0) is 4.79 Å². The smallest absolute Gasteiger partial charge is 0.256 e. The molecule has 0 saturated carbocycles. The monoisotopic (exact) mass is 310 g/mol. The van der Waals surface area contributed by atoms with Gasteiger partial charge in [0.25, 0.3) is 11.5 Å². The van der Waals surface area contributed by atoms with Gasteiger partial charge in [-0.15, -0.1) is 0 Å². The molecular weight excluding hydrogens is 292 g/mol. The van der Waals surface area contributed by atoms with E-state index in [1.54, 1.807) is 37.2 Å². The Kier molecular flexibility index (Phi) is 3.85. The molecule has 0 spiro atoms. The first-order chi connectivity index (χ1) is 11.0. The Hall–Kier alpha value is -2.70. The summed E-state index contributed by atoms with van der Waals surface area (Å²) in [6.07, 6.45) is -0.724. The lowest BCUT2D eigenvalue weighted by Gasteiger charge is -2.19. The molecule has 0 radical (unpaired) electrons. The van der Waals surface area contributed by atoms with E-state index in [1.807, 2.05) is 24.3 Å². The molecule has 1 aromatic heterocycles. The Morgan fingerprint density at radius 1 is 1.13 bits per heavy atom. The number of nitrogens with zero attached hydrogens (tertiary/aromatic N) is 1. The fourth-order valence-electron chi connectivity index (χ4n) is 2.51. The number of hydrogen-bond acceptors (Lipinski definition) is 4. The van der Waals surface area contributed by atoms with E-state index in [9.17, 15) is 9.59 Å². The molecule has 1 atom stereocenters. The number of carbonyl (C=O) groups excluding carboxylic acids is 1. The molecule has 4 N–H and O–H groups in total. The molecule has 23 heavy (non-hydrogen) atoms. The number of pyridine rings is 1. The molecule has 0 aliphatic heterocycles. The van der Waals surface area contributed by atoms with Crippen LogP contribution in [0.1, 0.15) is 0 Å². The molecule has 0 aliphatic carbocycles. The normalized spacial score (nSPS) is 12.7. The van der Waals surface area contributed by atoms with Crippen molar-refractivity contribution in [2.75, 3.05) is 19.4 Å². The Labute approximate surface area is 132 Å². The van der Waals surface area contributed by atoms with E-state index in [0.29, 0.717) is 11.1 Å². The average Bonchev–Trinajstić information content (AvgIpc) is 2.55. The maximum atomic E-state index is 12.1. The van der Waals surface area contributed by atoms with Gasteiger partial charge < -0.3 is 16.0 Å². The summed E-state index contributed by atoms with van der Waals surface area (Å²) in [5.41, 5.74) is 7.03. The van der Waals surface area contributed by atoms with Gasteiger partial charge in [-0.05, 0) is 43.7 Å². The minimum atomic E-state index is -0.724. The standard InChI is InChI=1S/C17H18N4O2/c1-21(2)15(18)17(23)19-10-7-8-14-13(9-10)11-5-3-4-6-12(11)16(22)20-14/h3-9,15H,18H2,1-2H3,(H,19,23)(H,20,22). The molecule has 1 amide bonds. The fraction of sp³-hybridized carbons (Fsp3) is 0.176. The Morgan fingerprint density at radius 2 is 1.83 bits per heavy atom. The molecule has 6 heteroatoms. The van der Waals surface area contributed by atoms with Crippen LogP contribution in [-0.4, -0.2) is 36.1 Å². The molecule has 3 aromatic rings. The van der Waals surface area contributed by atoms with Crippen molar-refractivity contribution in [2.24, 2.45) is 5.73 Å². The fourth-order valence-corrected chi connectivity index (χ4v) is 2.51. The van der Waals surface area contributed by atoms with Crippen molar-refractivity contribution in [3.05, 3.63) is 52.8 Å². The molecule has 6 nitrogen and oxygen atoms in total. The highest BCUT2D eigenvalue weighted by Gasteiger charge is 2.15. The summed E-state index contributed by atoms with van der Waals surface area (Å²) in [4.78, 5) is 28.6. The lowest BCUT2D eigenvalue weighted by molar-refractivity contribution is -0.120. The van der Waals surface area contributed by atoms with Gasteiger partial charge in [0.05, 0.1) is 0 Å². The molecule has 2 aromatic carbocycles. The van der Waals surface area contributed by atoms with Gasteiger partial charge in [0, 0.05) is 22.0 Å². The molecule has 3 rings (SSSR count). The molecule has 1 unspecified atom stereocenters. The highest BCUT2D eigenvalue weighted by Crippen LogP contribution is 2.24. The summed E-state index contributed by atoms with van der Waals surface area (Å²) >= 11 is 0. The van der Waals surface area contributed by atoms with Gasteiger partial charge in [-0.1, -0.05) is 18.2 Å². The zero-order chi connectivity index (χ0) is 16.6. The van der Waals surface area contributed by atoms with Gasteiger partial charge in [-0.2, -0.15) is 0 Å². The first kappa shape index (κ1) is 15.2. The number of nitrogens with two attached hydrogens (primary N) is 1. The molecule has 0 fully saturated rings. The van der Waals surface area contributed by atoms with Crippen LogP contribution in [0.5, 0.6) is 0 Å². The van der Waals surface area contributed by atoms with Crippen molar-refractivity contribution < 1.29 is 4.79 Å². The number of anilines is 1. The van der Waals surface area contributed by atoms with Gasteiger partial charge >= 0.3 is 0 Å². The van der Waals surface area contributed by atoms with Gasteiger partial charge in [-0.25, -0.2) is 0 Å². The van der Waals surface area contributed by atoms with Crippen molar-refractivity contribution in [1.29, 1.82) is 0 Å². The maximum absolute atomic E-state index is 12.1. The van der Waals surface area contributed by atoms with E-state index in [2.05, 4.69) is 10.3 Å². The van der Waals surface area contributed by atoms with Crippen LogP contribution < -0.4 is 16.6 Å². The first-order valence-corrected chi connectivity index (χ1v) is 7.25. The van der Waals surface area contributed by atoms with Crippen LogP contribution in [0.4, 0.5) is 5.69 Å². The number of nitrogens with one attached hydrogen (secondary N) is 2. The molecule has 0 saturated heterocycles. The number of aromatic amines is 1. The maximum Gasteiger partial charge on any atom is 0.256 e. The second kappa shape index (κ2) is 5.83. The van der Waals surface area contributed by atoms with Gasteiger partial charge in [0.15, 0.2) is 0 Å². The van der Waals surface area contributed by atoms with Gasteiger partial charge in [-0.3, -0.25) is 14.5 Å². The van der Waals surface area contributed by atoms with E-state index in [4.69, 9.17) is 5.73 Å². The number of benzene rings is 2. The number of H-pyrrole nitrogens is 1. The SMILES string of the molecule is CN(C)C(N)C(=O)Nc1ccc2[nH]c(=O)c3ccccc3c2c1. The van der Waals surface area contributed by atoms with Crippen LogP contribution in [0.3, 0.4) is 0 Å². The molecule has 0 bridgehead atoms. The van der Waals surface area contributed by atoms with Crippen molar-refractivity contribution in [1.82, 2.24) is 9.88 Å². The van der Waals surface area contributed by atoms with Crippen LogP contribution in [0.25, 0.3) is 21.7 Å². The Bertz CT molecular complexity index is 946. The molecule has 0 aliphatic rings. The zero-order valence-electron chi connectivity index (χ0n) is 13.0. The summed E-state index contributed by atoms with van der Waals surface area (Å²) in [6.45, 7) is 0. The summed E-state index contributed by atoms with van der Waals surface area (Å²) in [5.74, 6) is -0.289.